The number of ether oxygens (including phenoxy) is 1. The lowest BCUT2D eigenvalue weighted by Crippen LogP contribution is -2.23. The summed E-state index contributed by atoms with van der Waals surface area (Å²) in [4.78, 5) is 28.2. The zero-order valence-electron chi connectivity index (χ0n) is 18.9. The van der Waals surface area contributed by atoms with Crippen molar-refractivity contribution in [2.24, 2.45) is 0 Å². The number of methoxy groups -OCH3 is 1. The van der Waals surface area contributed by atoms with Crippen LogP contribution in [0.1, 0.15) is 6.92 Å². The van der Waals surface area contributed by atoms with Crippen molar-refractivity contribution in [3.63, 3.8) is 0 Å². The van der Waals surface area contributed by atoms with E-state index in [-0.39, 0.29) is 17.3 Å². The Balaban J connectivity index is 1.59. The zero-order chi connectivity index (χ0) is 24.8. The number of rotatable bonds is 8. The van der Waals surface area contributed by atoms with E-state index in [9.17, 15) is 14.9 Å². The van der Waals surface area contributed by atoms with E-state index in [1.807, 2.05) is 60.7 Å². The van der Waals surface area contributed by atoms with Gasteiger partial charge in [-0.3, -0.25) is 14.9 Å². The van der Waals surface area contributed by atoms with Crippen LogP contribution in [0.5, 0.6) is 5.75 Å². The number of amides is 1. The number of nitro benzene ring substituents is 1. The summed E-state index contributed by atoms with van der Waals surface area (Å²) in [6.45, 7) is 1.69. The summed E-state index contributed by atoms with van der Waals surface area (Å²) in [5.41, 5.74) is 3.11. The highest BCUT2D eigenvalue weighted by Gasteiger charge is 2.21. The summed E-state index contributed by atoms with van der Waals surface area (Å²) in [7, 11) is 1.42. The highest BCUT2D eigenvalue weighted by molar-refractivity contribution is 8.00. The molecule has 176 valence electrons. The zero-order valence-corrected chi connectivity index (χ0v) is 19.7. The average Bonchev–Trinajstić information content (AvgIpc) is 2.89. The molecule has 0 saturated carbocycles. The maximum Gasteiger partial charge on any atom is 0.271 e. The van der Waals surface area contributed by atoms with E-state index >= 15 is 0 Å². The summed E-state index contributed by atoms with van der Waals surface area (Å²) >= 11 is 1.14. The molecule has 3 aromatic carbocycles. The van der Waals surface area contributed by atoms with Gasteiger partial charge in [0.05, 0.1) is 23.0 Å². The van der Waals surface area contributed by atoms with Gasteiger partial charge in [0.1, 0.15) is 17.1 Å². The molecule has 0 unspecified atom stereocenters. The van der Waals surface area contributed by atoms with Crippen LogP contribution < -0.4 is 10.1 Å². The van der Waals surface area contributed by atoms with E-state index in [1.54, 1.807) is 6.92 Å². The molecule has 1 N–H and O–H groups in total. The van der Waals surface area contributed by atoms with Crippen LogP contribution >= 0.6 is 11.8 Å². The monoisotopic (exact) mass is 487 g/mol. The number of nitro groups is 1. The molecule has 0 aliphatic carbocycles. The number of hydrogen-bond donors (Lipinski definition) is 1. The predicted molar refractivity (Wildman–Crippen MR) is 134 cm³/mol. The number of thioether (sulfide) groups is 1. The van der Waals surface area contributed by atoms with E-state index < -0.39 is 10.2 Å². The highest BCUT2D eigenvalue weighted by atomic mass is 32.2. The first-order chi connectivity index (χ1) is 17.0. The minimum atomic E-state index is -0.619. The third-order valence-electron chi connectivity index (χ3n) is 5.06. The van der Waals surface area contributed by atoms with Gasteiger partial charge in [0.2, 0.25) is 11.1 Å². The molecule has 1 aromatic heterocycles. The van der Waals surface area contributed by atoms with Crippen LogP contribution in [0.4, 0.5) is 11.4 Å². The van der Waals surface area contributed by atoms with Crippen LogP contribution in [0.15, 0.2) is 84.0 Å². The predicted octanol–water partition coefficient (Wildman–Crippen LogP) is 5.24. The fourth-order valence-electron chi connectivity index (χ4n) is 3.30. The van der Waals surface area contributed by atoms with Crippen molar-refractivity contribution in [1.82, 2.24) is 15.2 Å². The molecule has 0 saturated heterocycles. The van der Waals surface area contributed by atoms with Crippen molar-refractivity contribution in [2.45, 2.75) is 17.3 Å². The van der Waals surface area contributed by atoms with Crippen LogP contribution in [0.2, 0.25) is 0 Å². The number of anilines is 1. The molecule has 1 atom stereocenters. The normalized spacial score (nSPS) is 11.5. The molecule has 10 heteroatoms. The molecular weight excluding hydrogens is 466 g/mol. The number of benzene rings is 3. The number of non-ortho nitro benzene ring substituents is 1. The van der Waals surface area contributed by atoms with Crippen molar-refractivity contribution < 1.29 is 14.5 Å². The minimum Gasteiger partial charge on any atom is -0.495 e. The molecule has 1 heterocycles. The van der Waals surface area contributed by atoms with Crippen LogP contribution in [0.25, 0.3) is 22.5 Å². The SMILES string of the molecule is COc1ccc([N+](=O)[O-])cc1NC(=O)[C@H](C)Sc1nnc(-c2ccccc2)c(-c2ccccc2)n1. The fourth-order valence-corrected chi connectivity index (χ4v) is 4.02. The van der Waals surface area contributed by atoms with Crippen LogP contribution in [0, 0.1) is 10.1 Å². The van der Waals surface area contributed by atoms with E-state index in [0.717, 1.165) is 22.9 Å². The second kappa shape index (κ2) is 10.7. The minimum absolute atomic E-state index is 0.155. The number of carbonyl (C=O) groups is 1. The van der Waals surface area contributed by atoms with Gasteiger partial charge < -0.3 is 10.1 Å². The topological polar surface area (TPSA) is 120 Å². The smallest absolute Gasteiger partial charge is 0.271 e. The van der Waals surface area contributed by atoms with Gasteiger partial charge in [-0.15, -0.1) is 10.2 Å². The Morgan fingerprint density at radius 1 is 0.971 bits per heavy atom. The Bertz CT molecular complexity index is 1350. The molecule has 0 spiro atoms. The van der Waals surface area contributed by atoms with E-state index in [2.05, 4.69) is 15.5 Å². The standard InChI is InChI=1S/C25H21N5O4S/c1-16(24(31)26-20-15-19(30(32)33)13-14-21(20)34-2)35-25-27-22(17-9-5-3-6-10-17)23(28-29-25)18-11-7-4-8-12-18/h3-16H,1-2H3,(H,26,31)/t16-/m0/s1. The Kier molecular flexibility index (Phi) is 7.32. The number of hydrogen-bond acceptors (Lipinski definition) is 8. The van der Waals surface area contributed by atoms with Gasteiger partial charge >= 0.3 is 0 Å². The Labute approximate surface area is 205 Å². The van der Waals surface area contributed by atoms with Gasteiger partial charge in [-0.05, 0) is 13.0 Å². The number of nitrogens with one attached hydrogen (secondary N) is 1. The number of aromatic nitrogens is 3. The fraction of sp³-hybridized carbons (Fsp3) is 0.120. The van der Waals surface area contributed by atoms with Crippen LogP contribution in [-0.4, -0.2) is 38.4 Å². The average molecular weight is 488 g/mol. The summed E-state index contributed by atoms with van der Waals surface area (Å²) in [6.07, 6.45) is 0. The van der Waals surface area contributed by atoms with Gasteiger partial charge in [0, 0.05) is 23.3 Å². The molecule has 0 fully saturated rings. The molecule has 0 bridgehead atoms. The number of nitrogens with zero attached hydrogens (tertiary/aromatic N) is 4. The van der Waals surface area contributed by atoms with Gasteiger partial charge in [-0.1, -0.05) is 72.4 Å². The first kappa shape index (κ1) is 23.8. The Morgan fingerprint density at radius 2 is 1.60 bits per heavy atom. The van der Waals surface area contributed by atoms with Crippen LogP contribution in [0.3, 0.4) is 0 Å². The maximum atomic E-state index is 12.9. The first-order valence-electron chi connectivity index (χ1n) is 10.6. The van der Waals surface area contributed by atoms with Crippen molar-refractivity contribution in [3.8, 4) is 28.3 Å². The summed E-state index contributed by atoms with van der Waals surface area (Å²) in [6, 6.07) is 23.3. The van der Waals surface area contributed by atoms with E-state index in [4.69, 9.17) is 9.72 Å². The first-order valence-corrected chi connectivity index (χ1v) is 11.5. The van der Waals surface area contributed by atoms with Gasteiger partial charge in [0.25, 0.3) is 5.69 Å². The lowest BCUT2D eigenvalue weighted by Gasteiger charge is -2.14. The van der Waals surface area contributed by atoms with E-state index in [1.165, 1.54) is 25.3 Å². The van der Waals surface area contributed by atoms with E-state index in [0.29, 0.717) is 22.3 Å². The van der Waals surface area contributed by atoms with Crippen molar-refractivity contribution in [1.29, 1.82) is 0 Å². The molecule has 4 aromatic rings. The molecule has 4 rings (SSSR count). The largest absolute Gasteiger partial charge is 0.495 e. The molecule has 9 nitrogen and oxygen atoms in total. The quantitative estimate of drug-likeness (QED) is 0.203. The van der Waals surface area contributed by atoms with Crippen molar-refractivity contribution in [2.75, 3.05) is 12.4 Å². The summed E-state index contributed by atoms with van der Waals surface area (Å²) in [5.74, 6) is -0.0663. The molecule has 0 aliphatic heterocycles. The second-order valence-electron chi connectivity index (χ2n) is 7.41. The molecule has 0 radical (unpaired) electrons. The Hall–Kier alpha value is -4.31. The molecule has 35 heavy (non-hydrogen) atoms. The third kappa shape index (κ3) is 5.61. The van der Waals surface area contributed by atoms with Crippen molar-refractivity contribution in [3.05, 3.63) is 89.0 Å². The van der Waals surface area contributed by atoms with Gasteiger partial charge in [-0.2, -0.15) is 0 Å². The van der Waals surface area contributed by atoms with Gasteiger partial charge in [-0.25, -0.2) is 4.98 Å². The second-order valence-corrected chi connectivity index (χ2v) is 8.72. The van der Waals surface area contributed by atoms with Crippen LogP contribution in [-0.2, 0) is 4.79 Å². The third-order valence-corrected chi connectivity index (χ3v) is 6.02. The van der Waals surface area contributed by atoms with Gasteiger partial charge in [0.15, 0.2) is 0 Å². The van der Waals surface area contributed by atoms with Crippen molar-refractivity contribution >= 4 is 29.0 Å². The molecule has 1 amide bonds. The summed E-state index contributed by atoms with van der Waals surface area (Å²) < 4.78 is 5.22. The lowest BCUT2D eigenvalue weighted by molar-refractivity contribution is -0.384. The maximum absolute atomic E-state index is 12.9. The number of carbonyl (C=O) groups excluding carboxylic acids is 1. The summed E-state index contributed by atoms with van der Waals surface area (Å²) in [5, 5.41) is 22.2. The lowest BCUT2D eigenvalue weighted by atomic mass is 10.0. The molecular formula is C25H21N5O4S. The highest BCUT2D eigenvalue weighted by Crippen LogP contribution is 2.32. The molecule has 0 aliphatic rings. The Morgan fingerprint density at radius 3 is 2.20 bits per heavy atom.